The number of nitrogens with zero attached hydrogens (tertiary/aromatic N) is 2. The smallest absolute Gasteiger partial charge is 0.253 e. The number of piperidine rings is 1. The number of carbonyl (C=O) groups is 1. The summed E-state index contributed by atoms with van der Waals surface area (Å²) < 4.78 is 0. The third kappa shape index (κ3) is 3.99. The number of aromatic nitrogens is 2. The van der Waals surface area contributed by atoms with Crippen molar-refractivity contribution in [1.29, 1.82) is 0 Å². The van der Waals surface area contributed by atoms with E-state index < -0.39 is 0 Å². The Kier molecular flexibility index (Phi) is 5.53. The first-order valence-electron chi connectivity index (χ1n) is 9.86. The fraction of sp³-hybridized carbons (Fsp3) is 0.304. The van der Waals surface area contributed by atoms with Crippen molar-refractivity contribution in [2.75, 3.05) is 20.1 Å². The van der Waals surface area contributed by atoms with Crippen LogP contribution in [0.5, 0.6) is 0 Å². The van der Waals surface area contributed by atoms with E-state index in [0.29, 0.717) is 12.5 Å². The summed E-state index contributed by atoms with van der Waals surface area (Å²) in [5.74, 6) is 0.524. The molecule has 5 nitrogen and oxygen atoms in total. The molecule has 1 aliphatic heterocycles. The van der Waals surface area contributed by atoms with Crippen LogP contribution in [0.1, 0.15) is 40.2 Å². The number of rotatable bonds is 5. The van der Waals surface area contributed by atoms with Gasteiger partial charge in [-0.15, -0.1) is 0 Å². The molecule has 0 spiro atoms. The number of aromatic amines is 1. The lowest BCUT2D eigenvalue weighted by molar-refractivity contribution is 0.0785. The van der Waals surface area contributed by atoms with Gasteiger partial charge in [0.2, 0.25) is 0 Å². The van der Waals surface area contributed by atoms with Crippen LogP contribution in [0.4, 0.5) is 0 Å². The lowest BCUT2D eigenvalue weighted by Gasteiger charge is -2.24. The highest BCUT2D eigenvalue weighted by atomic mass is 16.2. The molecule has 0 aliphatic carbocycles. The van der Waals surface area contributed by atoms with E-state index in [1.165, 1.54) is 18.4 Å². The highest BCUT2D eigenvalue weighted by Gasteiger charge is 2.19. The van der Waals surface area contributed by atoms with Gasteiger partial charge in [0.1, 0.15) is 0 Å². The van der Waals surface area contributed by atoms with Gasteiger partial charge in [-0.3, -0.25) is 9.89 Å². The number of hydrogen-bond acceptors (Lipinski definition) is 3. The Balaban J connectivity index is 1.50. The number of hydrogen-bond donors (Lipinski definition) is 2. The molecule has 0 saturated carbocycles. The van der Waals surface area contributed by atoms with Crippen molar-refractivity contribution in [2.24, 2.45) is 0 Å². The van der Waals surface area contributed by atoms with E-state index in [4.69, 9.17) is 0 Å². The van der Waals surface area contributed by atoms with Gasteiger partial charge in [-0.1, -0.05) is 42.5 Å². The van der Waals surface area contributed by atoms with E-state index in [0.717, 1.165) is 35.5 Å². The van der Waals surface area contributed by atoms with Gasteiger partial charge in [0.15, 0.2) is 0 Å². The number of amides is 1. The van der Waals surface area contributed by atoms with E-state index in [9.17, 15) is 4.79 Å². The summed E-state index contributed by atoms with van der Waals surface area (Å²) in [5.41, 5.74) is 5.04. The summed E-state index contributed by atoms with van der Waals surface area (Å²) in [7, 11) is 1.85. The van der Waals surface area contributed by atoms with Gasteiger partial charge in [0, 0.05) is 31.3 Å². The minimum atomic E-state index is 0.0332. The van der Waals surface area contributed by atoms with Crippen LogP contribution in [0.25, 0.3) is 11.3 Å². The molecule has 4 rings (SSSR count). The molecule has 2 N–H and O–H groups in total. The molecule has 1 aliphatic rings. The van der Waals surface area contributed by atoms with Crippen LogP contribution in [0, 0.1) is 0 Å². The van der Waals surface area contributed by atoms with Gasteiger partial charge in [-0.05, 0) is 48.6 Å². The highest BCUT2D eigenvalue weighted by molar-refractivity contribution is 5.94. The van der Waals surface area contributed by atoms with Gasteiger partial charge in [0.25, 0.3) is 5.91 Å². The van der Waals surface area contributed by atoms with Gasteiger partial charge in [0.05, 0.1) is 11.9 Å². The second-order valence-electron chi connectivity index (χ2n) is 7.47. The van der Waals surface area contributed by atoms with Crippen LogP contribution in [-0.2, 0) is 6.54 Å². The molecular formula is C23H26N4O. The molecule has 1 saturated heterocycles. The number of benzene rings is 2. The maximum absolute atomic E-state index is 13.0. The predicted molar refractivity (Wildman–Crippen MR) is 111 cm³/mol. The summed E-state index contributed by atoms with van der Waals surface area (Å²) in [5, 5.41) is 10.7. The summed E-state index contributed by atoms with van der Waals surface area (Å²) >= 11 is 0. The van der Waals surface area contributed by atoms with Crippen LogP contribution in [0.3, 0.4) is 0 Å². The monoisotopic (exact) mass is 374 g/mol. The first-order chi connectivity index (χ1) is 13.7. The standard InChI is InChI=1S/C23H26N4O/c1-27(16-21-15-25-26-22(21)17-7-3-2-4-8-17)23(28)19-10-5-9-18(13-19)20-11-6-12-24-14-20/h2-5,7-10,13,15,20,24H,6,11-12,14,16H2,1H3,(H,25,26). The first-order valence-corrected chi connectivity index (χ1v) is 9.86. The Bertz CT molecular complexity index is 929. The number of carbonyl (C=O) groups excluding carboxylic acids is 1. The average molecular weight is 374 g/mol. The molecule has 1 unspecified atom stereocenters. The molecule has 0 bridgehead atoms. The first kappa shape index (κ1) is 18.4. The summed E-state index contributed by atoms with van der Waals surface area (Å²) in [6.07, 6.45) is 4.16. The molecule has 3 aromatic rings. The van der Waals surface area contributed by atoms with Crippen molar-refractivity contribution in [1.82, 2.24) is 20.4 Å². The predicted octanol–water partition coefficient (Wildman–Crippen LogP) is 3.82. The second kappa shape index (κ2) is 8.40. The number of nitrogens with one attached hydrogen (secondary N) is 2. The largest absolute Gasteiger partial charge is 0.337 e. The zero-order chi connectivity index (χ0) is 19.3. The van der Waals surface area contributed by atoms with Crippen molar-refractivity contribution in [3.05, 3.63) is 77.5 Å². The lowest BCUT2D eigenvalue weighted by atomic mass is 9.90. The van der Waals surface area contributed by atoms with Crippen LogP contribution < -0.4 is 5.32 Å². The fourth-order valence-corrected chi connectivity index (χ4v) is 3.90. The number of H-pyrrole nitrogens is 1. The molecule has 144 valence electrons. The molecule has 28 heavy (non-hydrogen) atoms. The van der Waals surface area contributed by atoms with Gasteiger partial charge >= 0.3 is 0 Å². The van der Waals surface area contributed by atoms with Crippen molar-refractivity contribution < 1.29 is 4.79 Å². The molecule has 5 heteroatoms. The van der Waals surface area contributed by atoms with E-state index in [2.05, 4.69) is 27.6 Å². The third-order valence-corrected chi connectivity index (χ3v) is 5.44. The highest BCUT2D eigenvalue weighted by Crippen LogP contribution is 2.25. The van der Waals surface area contributed by atoms with Gasteiger partial charge < -0.3 is 10.2 Å². The van der Waals surface area contributed by atoms with E-state index in [1.807, 2.05) is 49.5 Å². The molecule has 1 atom stereocenters. The average Bonchev–Trinajstić information content (AvgIpc) is 3.22. The fourth-order valence-electron chi connectivity index (χ4n) is 3.90. The summed E-state index contributed by atoms with van der Waals surface area (Å²) in [6.45, 7) is 2.59. The van der Waals surface area contributed by atoms with Crippen LogP contribution in [0.2, 0.25) is 0 Å². The normalized spacial score (nSPS) is 16.7. The molecule has 1 fully saturated rings. The minimum Gasteiger partial charge on any atom is -0.337 e. The van der Waals surface area contributed by atoms with E-state index in [-0.39, 0.29) is 5.91 Å². The molecule has 0 radical (unpaired) electrons. The van der Waals surface area contributed by atoms with Crippen molar-refractivity contribution in [2.45, 2.75) is 25.3 Å². The van der Waals surface area contributed by atoms with Crippen molar-refractivity contribution in [3.63, 3.8) is 0 Å². The van der Waals surface area contributed by atoms with Crippen LogP contribution in [-0.4, -0.2) is 41.1 Å². The summed E-state index contributed by atoms with van der Waals surface area (Å²) in [6, 6.07) is 18.2. The topological polar surface area (TPSA) is 61.0 Å². The Morgan fingerprint density at radius 3 is 2.82 bits per heavy atom. The van der Waals surface area contributed by atoms with Crippen molar-refractivity contribution >= 4 is 5.91 Å². The van der Waals surface area contributed by atoms with Gasteiger partial charge in [-0.25, -0.2) is 0 Å². The maximum atomic E-state index is 13.0. The SMILES string of the molecule is CN(Cc1cn[nH]c1-c1ccccc1)C(=O)c1cccc(C2CCCNC2)c1. The second-order valence-corrected chi connectivity index (χ2v) is 7.47. The van der Waals surface area contributed by atoms with E-state index in [1.54, 1.807) is 11.1 Å². The molecular weight excluding hydrogens is 348 g/mol. The van der Waals surface area contributed by atoms with Gasteiger partial charge in [-0.2, -0.15) is 5.10 Å². The molecule has 1 amide bonds. The molecule has 1 aromatic heterocycles. The minimum absolute atomic E-state index is 0.0332. The maximum Gasteiger partial charge on any atom is 0.253 e. The third-order valence-electron chi connectivity index (χ3n) is 5.44. The Labute approximate surface area is 165 Å². The molecule has 2 aromatic carbocycles. The lowest BCUT2D eigenvalue weighted by Crippen LogP contribution is -2.29. The molecule has 2 heterocycles. The zero-order valence-corrected chi connectivity index (χ0v) is 16.2. The quantitative estimate of drug-likeness (QED) is 0.714. The zero-order valence-electron chi connectivity index (χ0n) is 16.2. The Morgan fingerprint density at radius 2 is 2.04 bits per heavy atom. The van der Waals surface area contributed by atoms with Crippen LogP contribution >= 0.6 is 0 Å². The van der Waals surface area contributed by atoms with E-state index >= 15 is 0 Å². The Hall–Kier alpha value is -2.92. The Morgan fingerprint density at radius 1 is 1.18 bits per heavy atom. The van der Waals surface area contributed by atoms with Crippen LogP contribution in [0.15, 0.2) is 60.8 Å². The summed E-state index contributed by atoms with van der Waals surface area (Å²) in [4.78, 5) is 14.8. The van der Waals surface area contributed by atoms with Crippen molar-refractivity contribution in [3.8, 4) is 11.3 Å².